The van der Waals surface area contributed by atoms with Crippen LogP contribution >= 0.6 is 27.7 Å². The Balaban J connectivity index is 2.34. The predicted octanol–water partition coefficient (Wildman–Crippen LogP) is 2.21. The van der Waals surface area contributed by atoms with E-state index in [1.807, 2.05) is 13.8 Å². The molecule has 1 saturated heterocycles. The third-order valence-electron chi connectivity index (χ3n) is 4.10. The summed E-state index contributed by atoms with van der Waals surface area (Å²) in [5.74, 6) is -0.374. The van der Waals surface area contributed by atoms with Crippen molar-refractivity contribution < 1.29 is 22.7 Å². The fourth-order valence-electron chi connectivity index (χ4n) is 2.38. The number of esters is 1. The SMILES string of the molecule is CCC(C)NC(=O)C1CSCN1S(=O)(=O)c1ccc(Br)c(C(=O)OC)c1. The van der Waals surface area contributed by atoms with Crippen LogP contribution in [0.5, 0.6) is 0 Å². The van der Waals surface area contributed by atoms with Gasteiger partial charge in [0, 0.05) is 16.3 Å². The second-order valence-corrected chi connectivity index (χ2v) is 9.60. The Labute approximate surface area is 166 Å². The minimum Gasteiger partial charge on any atom is -0.465 e. The number of nitrogens with one attached hydrogen (secondary N) is 1. The Morgan fingerprint density at radius 3 is 2.77 bits per heavy atom. The molecule has 1 aliphatic rings. The summed E-state index contributed by atoms with van der Waals surface area (Å²) in [6.07, 6.45) is 0.757. The van der Waals surface area contributed by atoms with Crippen molar-refractivity contribution in [1.82, 2.24) is 9.62 Å². The van der Waals surface area contributed by atoms with E-state index in [1.54, 1.807) is 0 Å². The van der Waals surface area contributed by atoms with Gasteiger partial charge in [0.25, 0.3) is 0 Å². The third-order valence-corrected chi connectivity index (χ3v) is 7.81. The summed E-state index contributed by atoms with van der Waals surface area (Å²) >= 11 is 4.59. The van der Waals surface area contributed by atoms with E-state index < -0.39 is 22.0 Å². The molecule has 0 aliphatic carbocycles. The highest BCUT2D eigenvalue weighted by molar-refractivity contribution is 9.10. The molecule has 1 aromatic rings. The van der Waals surface area contributed by atoms with E-state index in [4.69, 9.17) is 0 Å². The zero-order valence-electron chi connectivity index (χ0n) is 14.7. The van der Waals surface area contributed by atoms with Crippen LogP contribution in [-0.2, 0) is 19.6 Å². The van der Waals surface area contributed by atoms with Crippen LogP contribution in [0.3, 0.4) is 0 Å². The Morgan fingerprint density at radius 2 is 2.15 bits per heavy atom. The van der Waals surface area contributed by atoms with Crippen LogP contribution in [0.4, 0.5) is 0 Å². The van der Waals surface area contributed by atoms with Gasteiger partial charge in [0.05, 0.1) is 23.4 Å². The van der Waals surface area contributed by atoms with Crippen LogP contribution in [0.25, 0.3) is 0 Å². The number of rotatable bonds is 6. The smallest absolute Gasteiger partial charge is 0.339 e. The largest absolute Gasteiger partial charge is 0.465 e. The monoisotopic (exact) mass is 464 g/mol. The molecular weight excluding hydrogens is 444 g/mol. The molecule has 10 heteroatoms. The summed E-state index contributed by atoms with van der Waals surface area (Å²) in [5, 5.41) is 2.83. The first-order valence-corrected chi connectivity index (χ1v) is 11.4. The molecule has 0 spiro atoms. The number of carbonyl (C=O) groups excluding carboxylic acids is 2. The lowest BCUT2D eigenvalue weighted by atomic mass is 10.2. The molecule has 2 atom stereocenters. The lowest BCUT2D eigenvalue weighted by Crippen LogP contribution is -2.49. The molecule has 144 valence electrons. The molecule has 2 unspecified atom stereocenters. The lowest BCUT2D eigenvalue weighted by molar-refractivity contribution is -0.124. The van der Waals surface area contributed by atoms with Crippen molar-refractivity contribution in [3.8, 4) is 0 Å². The van der Waals surface area contributed by atoms with E-state index >= 15 is 0 Å². The molecule has 0 saturated carbocycles. The summed E-state index contributed by atoms with van der Waals surface area (Å²) in [4.78, 5) is 24.2. The summed E-state index contributed by atoms with van der Waals surface area (Å²) < 4.78 is 32.4. The second-order valence-electron chi connectivity index (χ2n) is 5.86. The molecule has 0 radical (unpaired) electrons. The van der Waals surface area contributed by atoms with Gasteiger partial charge in [0.15, 0.2) is 0 Å². The van der Waals surface area contributed by atoms with E-state index in [2.05, 4.69) is 26.0 Å². The zero-order chi connectivity index (χ0) is 19.5. The van der Waals surface area contributed by atoms with Gasteiger partial charge in [-0.15, -0.1) is 11.8 Å². The number of hydrogen-bond acceptors (Lipinski definition) is 6. The highest BCUT2D eigenvalue weighted by Crippen LogP contribution is 2.30. The average molecular weight is 465 g/mol. The Bertz CT molecular complexity index is 800. The Kier molecular flexibility index (Phi) is 7.12. The van der Waals surface area contributed by atoms with Gasteiger partial charge >= 0.3 is 5.97 Å². The van der Waals surface area contributed by atoms with Gasteiger partial charge < -0.3 is 10.1 Å². The fourth-order valence-corrected chi connectivity index (χ4v) is 5.96. The number of amides is 1. The first-order chi connectivity index (χ1) is 12.2. The van der Waals surface area contributed by atoms with E-state index in [9.17, 15) is 18.0 Å². The lowest BCUT2D eigenvalue weighted by Gasteiger charge is -2.24. The summed E-state index contributed by atoms with van der Waals surface area (Å²) in [6.45, 7) is 3.81. The van der Waals surface area contributed by atoms with Crippen molar-refractivity contribution >= 4 is 49.6 Å². The van der Waals surface area contributed by atoms with Gasteiger partial charge in [-0.25, -0.2) is 13.2 Å². The molecular formula is C16H21BrN2O5S2. The van der Waals surface area contributed by atoms with Crippen LogP contribution in [0.2, 0.25) is 0 Å². The quantitative estimate of drug-likeness (QED) is 0.648. The number of carbonyl (C=O) groups is 2. The molecule has 0 bridgehead atoms. The van der Waals surface area contributed by atoms with E-state index in [-0.39, 0.29) is 28.3 Å². The molecule has 0 aromatic heterocycles. The van der Waals surface area contributed by atoms with Crippen LogP contribution in [0.1, 0.15) is 30.6 Å². The number of ether oxygens (including phenoxy) is 1. The van der Waals surface area contributed by atoms with Gasteiger partial charge in [0.2, 0.25) is 15.9 Å². The Hall–Kier alpha value is -1.10. The number of halogens is 1. The van der Waals surface area contributed by atoms with Gasteiger partial charge in [-0.1, -0.05) is 6.92 Å². The number of methoxy groups -OCH3 is 1. The minimum absolute atomic E-state index is 0.0312. The van der Waals surface area contributed by atoms with E-state index in [1.165, 1.54) is 41.4 Å². The van der Waals surface area contributed by atoms with Crippen molar-refractivity contribution in [3.63, 3.8) is 0 Å². The molecule has 1 aromatic carbocycles. The number of nitrogens with zero attached hydrogens (tertiary/aromatic N) is 1. The van der Waals surface area contributed by atoms with Crippen LogP contribution < -0.4 is 5.32 Å². The minimum atomic E-state index is -3.93. The number of sulfonamides is 1. The number of thioether (sulfide) groups is 1. The first kappa shape index (κ1) is 21.2. The van der Waals surface area contributed by atoms with Crippen molar-refractivity contribution in [2.45, 2.75) is 37.2 Å². The normalized spacial score (nSPS) is 19.2. The van der Waals surface area contributed by atoms with E-state index in [0.29, 0.717) is 10.2 Å². The van der Waals surface area contributed by atoms with Crippen molar-refractivity contribution in [2.75, 3.05) is 18.7 Å². The fraction of sp³-hybridized carbons (Fsp3) is 0.500. The maximum Gasteiger partial charge on any atom is 0.339 e. The summed E-state index contributed by atoms with van der Waals surface area (Å²) in [7, 11) is -2.71. The van der Waals surface area contributed by atoms with Gasteiger partial charge in [0.1, 0.15) is 6.04 Å². The summed E-state index contributed by atoms with van der Waals surface area (Å²) in [5.41, 5.74) is 0.112. The summed E-state index contributed by atoms with van der Waals surface area (Å²) in [6, 6.07) is 3.34. The van der Waals surface area contributed by atoms with Crippen molar-refractivity contribution in [3.05, 3.63) is 28.2 Å². The molecule has 2 rings (SSSR count). The van der Waals surface area contributed by atoms with Crippen LogP contribution in [-0.4, -0.2) is 55.4 Å². The van der Waals surface area contributed by atoms with Gasteiger partial charge in [-0.3, -0.25) is 4.79 Å². The van der Waals surface area contributed by atoms with Crippen molar-refractivity contribution in [2.24, 2.45) is 0 Å². The van der Waals surface area contributed by atoms with Crippen molar-refractivity contribution in [1.29, 1.82) is 0 Å². The standard InChI is InChI=1S/C16H21BrN2O5S2/c1-4-10(2)18-15(20)14-8-25-9-19(14)26(22,23)11-5-6-13(17)12(7-11)16(21)24-3/h5-7,10,14H,4,8-9H2,1-3H3,(H,18,20). The number of benzene rings is 1. The molecule has 1 aliphatic heterocycles. The maximum atomic E-state index is 13.0. The average Bonchev–Trinajstić information content (AvgIpc) is 3.11. The second kappa shape index (κ2) is 8.73. The Morgan fingerprint density at radius 1 is 1.46 bits per heavy atom. The van der Waals surface area contributed by atoms with Gasteiger partial charge in [-0.05, 0) is 47.5 Å². The molecule has 1 fully saturated rings. The predicted molar refractivity (Wildman–Crippen MR) is 104 cm³/mol. The molecule has 1 amide bonds. The maximum absolute atomic E-state index is 13.0. The molecule has 7 nitrogen and oxygen atoms in total. The van der Waals surface area contributed by atoms with Crippen LogP contribution in [0, 0.1) is 0 Å². The molecule has 1 heterocycles. The first-order valence-electron chi connectivity index (χ1n) is 8.00. The molecule has 1 N–H and O–H groups in total. The van der Waals surface area contributed by atoms with Crippen LogP contribution in [0.15, 0.2) is 27.6 Å². The zero-order valence-corrected chi connectivity index (χ0v) is 17.9. The topological polar surface area (TPSA) is 92.8 Å². The van der Waals surface area contributed by atoms with E-state index in [0.717, 1.165) is 6.42 Å². The third kappa shape index (κ3) is 4.41. The highest BCUT2D eigenvalue weighted by Gasteiger charge is 2.40. The highest BCUT2D eigenvalue weighted by atomic mass is 79.9. The molecule has 26 heavy (non-hydrogen) atoms. The number of hydrogen-bond donors (Lipinski definition) is 1. The van der Waals surface area contributed by atoms with Gasteiger partial charge in [-0.2, -0.15) is 4.31 Å².